The Morgan fingerprint density at radius 1 is 1.40 bits per heavy atom. The second-order valence-corrected chi connectivity index (χ2v) is 3.64. The maximum absolute atomic E-state index is 9.78. The summed E-state index contributed by atoms with van der Waals surface area (Å²) in [6, 6.07) is 3.45. The van der Waals surface area contributed by atoms with Crippen LogP contribution in [0.15, 0.2) is 30.7 Å². The lowest BCUT2D eigenvalue weighted by Gasteiger charge is -2.14. The number of hydrogen-bond acceptors (Lipinski definition) is 4. The van der Waals surface area contributed by atoms with Gasteiger partial charge in [-0.05, 0) is 19.1 Å². The highest BCUT2D eigenvalue weighted by Gasteiger charge is 2.12. The van der Waals surface area contributed by atoms with Crippen LogP contribution in [0.1, 0.15) is 18.6 Å². The van der Waals surface area contributed by atoms with Gasteiger partial charge in [0.2, 0.25) is 0 Å². The van der Waals surface area contributed by atoms with Crippen molar-refractivity contribution in [1.82, 2.24) is 9.97 Å². The van der Waals surface area contributed by atoms with Crippen molar-refractivity contribution >= 4 is 10.9 Å². The van der Waals surface area contributed by atoms with Gasteiger partial charge in [0.15, 0.2) is 0 Å². The summed E-state index contributed by atoms with van der Waals surface area (Å²) in [5.74, 6) is 0. The molecule has 0 radical (unpaired) electrons. The molecule has 2 aromatic heterocycles. The van der Waals surface area contributed by atoms with E-state index in [1.54, 1.807) is 25.5 Å². The average molecular weight is 203 g/mol. The SMILES string of the molecule is CC(N)C(O)c1cnc2cnccc2c1. The molecule has 2 heterocycles. The smallest absolute Gasteiger partial charge is 0.0953 e. The summed E-state index contributed by atoms with van der Waals surface area (Å²) in [5, 5.41) is 10.7. The van der Waals surface area contributed by atoms with E-state index >= 15 is 0 Å². The van der Waals surface area contributed by atoms with Crippen LogP contribution in [0.3, 0.4) is 0 Å². The fourth-order valence-corrected chi connectivity index (χ4v) is 1.45. The average Bonchev–Trinajstić information content (AvgIpc) is 2.27. The number of nitrogens with two attached hydrogens (primary N) is 1. The number of aromatic nitrogens is 2. The number of aliphatic hydroxyl groups excluding tert-OH is 1. The van der Waals surface area contributed by atoms with Crippen LogP contribution in [0.2, 0.25) is 0 Å². The first-order valence-electron chi connectivity index (χ1n) is 4.82. The molecule has 2 atom stereocenters. The number of nitrogens with zero attached hydrogens (tertiary/aromatic N) is 2. The quantitative estimate of drug-likeness (QED) is 0.764. The summed E-state index contributed by atoms with van der Waals surface area (Å²) in [4.78, 5) is 8.18. The molecule has 2 aromatic rings. The molecule has 3 N–H and O–H groups in total. The van der Waals surface area contributed by atoms with E-state index < -0.39 is 6.10 Å². The largest absolute Gasteiger partial charge is 0.387 e. The molecule has 0 aliphatic heterocycles. The molecular formula is C11H13N3O. The van der Waals surface area contributed by atoms with Crippen molar-refractivity contribution in [1.29, 1.82) is 0 Å². The molecule has 0 saturated heterocycles. The van der Waals surface area contributed by atoms with Gasteiger partial charge < -0.3 is 10.8 Å². The minimum absolute atomic E-state index is 0.300. The van der Waals surface area contributed by atoms with Crippen LogP contribution in [0, 0.1) is 0 Å². The van der Waals surface area contributed by atoms with Gasteiger partial charge in [0.05, 0.1) is 17.8 Å². The third-order valence-electron chi connectivity index (χ3n) is 2.35. The lowest BCUT2D eigenvalue weighted by atomic mass is 10.0. The van der Waals surface area contributed by atoms with E-state index in [1.165, 1.54) is 0 Å². The van der Waals surface area contributed by atoms with Gasteiger partial charge in [-0.15, -0.1) is 0 Å². The molecule has 0 amide bonds. The third kappa shape index (κ3) is 1.95. The summed E-state index contributed by atoms with van der Waals surface area (Å²) in [6.07, 6.45) is 4.36. The van der Waals surface area contributed by atoms with Crippen molar-refractivity contribution in [3.8, 4) is 0 Å². The summed E-state index contributed by atoms with van der Waals surface area (Å²) in [6.45, 7) is 1.77. The third-order valence-corrected chi connectivity index (χ3v) is 2.35. The highest BCUT2D eigenvalue weighted by molar-refractivity contribution is 5.77. The van der Waals surface area contributed by atoms with Crippen LogP contribution in [0.5, 0.6) is 0 Å². The molecule has 0 aliphatic carbocycles. The lowest BCUT2D eigenvalue weighted by molar-refractivity contribution is 0.153. The summed E-state index contributed by atoms with van der Waals surface area (Å²) < 4.78 is 0. The Kier molecular flexibility index (Phi) is 2.62. The van der Waals surface area contributed by atoms with E-state index in [0.29, 0.717) is 0 Å². The first-order valence-corrected chi connectivity index (χ1v) is 4.82. The van der Waals surface area contributed by atoms with Crippen molar-refractivity contribution in [2.45, 2.75) is 19.1 Å². The Morgan fingerprint density at radius 3 is 2.93 bits per heavy atom. The van der Waals surface area contributed by atoms with Crippen molar-refractivity contribution < 1.29 is 5.11 Å². The zero-order valence-electron chi connectivity index (χ0n) is 8.46. The van der Waals surface area contributed by atoms with Crippen LogP contribution in [-0.2, 0) is 0 Å². The molecular weight excluding hydrogens is 190 g/mol. The molecule has 0 aromatic carbocycles. The van der Waals surface area contributed by atoms with E-state index in [2.05, 4.69) is 9.97 Å². The predicted molar refractivity (Wildman–Crippen MR) is 58.1 cm³/mol. The standard InChI is InChI=1S/C11H13N3O/c1-7(12)11(15)9-4-8-2-3-13-6-10(8)14-5-9/h2-7,11,15H,12H2,1H3. The molecule has 4 nitrogen and oxygen atoms in total. The van der Waals surface area contributed by atoms with Gasteiger partial charge in [-0.3, -0.25) is 9.97 Å². The molecule has 0 saturated carbocycles. The van der Waals surface area contributed by atoms with Gasteiger partial charge >= 0.3 is 0 Å². The Bertz CT molecular complexity index is 470. The second kappa shape index (κ2) is 3.92. The van der Waals surface area contributed by atoms with E-state index in [4.69, 9.17) is 5.73 Å². The van der Waals surface area contributed by atoms with Crippen LogP contribution in [0.25, 0.3) is 10.9 Å². The molecule has 0 fully saturated rings. The molecule has 0 bridgehead atoms. The summed E-state index contributed by atoms with van der Waals surface area (Å²) in [5.41, 5.74) is 7.18. The minimum Gasteiger partial charge on any atom is -0.387 e. The van der Waals surface area contributed by atoms with E-state index in [0.717, 1.165) is 16.5 Å². The van der Waals surface area contributed by atoms with Crippen LogP contribution >= 0.6 is 0 Å². The number of rotatable bonds is 2. The number of fused-ring (bicyclic) bond motifs is 1. The summed E-state index contributed by atoms with van der Waals surface area (Å²) in [7, 11) is 0. The molecule has 2 unspecified atom stereocenters. The molecule has 0 aliphatic rings. The zero-order chi connectivity index (χ0) is 10.8. The maximum Gasteiger partial charge on any atom is 0.0953 e. The number of aliphatic hydroxyl groups is 1. The molecule has 2 rings (SSSR count). The fraction of sp³-hybridized carbons (Fsp3) is 0.273. The lowest BCUT2D eigenvalue weighted by Crippen LogP contribution is -2.24. The van der Waals surface area contributed by atoms with Crippen LogP contribution in [0.4, 0.5) is 0 Å². The fourth-order valence-electron chi connectivity index (χ4n) is 1.45. The second-order valence-electron chi connectivity index (χ2n) is 3.64. The normalized spacial score (nSPS) is 15.1. The number of pyridine rings is 2. The van der Waals surface area contributed by atoms with Crippen molar-refractivity contribution in [2.24, 2.45) is 5.73 Å². The van der Waals surface area contributed by atoms with E-state index in [-0.39, 0.29) is 6.04 Å². The Morgan fingerprint density at radius 2 is 2.20 bits per heavy atom. The first-order chi connectivity index (χ1) is 7.18. The Labute approximate surface area is 87.8 Å². The van der Waals surface area contributed by atoms with Gasteiger partial charge in [0, 0.05) is 29.4 Å². The summed E-state index contributed by atoms with van der Waals surface area (Å²) >= 11 is 0. The molecule has 4 heteroatoms. The molecule has 15 heavy (non-hydrogen) atoms. The monoisotopic (exact) mass is 203 g/mol. The number of hydrogen-bond donors (Lipinski definition) is 2. The van der Waals surface area contributed by atoms with Crippen molar-refractivity contribution in [3.05, 3.63) is 36.3 Å². The zero-order valence-corrected chi connectivity index (χ0v) is 8.46. The van der Waals surface area contributed by atoms with Gasteiger partial charge in [-0.25, -0.2) is 0 Å². The maximum atomic E-state index is 9.78. The highest BCUT2D eigenvalue weighted by atomic mass is 16.3. The Hall–Kier alpha value is -1.52. The molecule has 0 spiro atoms. The predicted octanol–water partition coefficient (Wildman–Crippen LogP) is 1.01. The topological polar surface area (TPSA) is 72.0 Å². The Balaban J connectivity index is 2.47. The van der Waals surface area contributed by atoms with E-state index in [9.17, 15) is 5.11 Å². The highest BCUT2D eigenvalue weighted by Crippen LogP contribution is 2.18. The van der Waals surface area contributed by atoms with Gasteiger partial charge in [-0.1, -0.05) is 0 Å². The van der Waals surface area contributed by atoms with Crippen molar-refractivity contribution in [2.75, 3.05) is 0 Å². The molecule has 78 valence electrons. The van der Waals surface area contributed by atoms with Crippen LogP contribution in [-0.4, -0.2) is 21.1 Å². The van der Waals surface area contributed by atoms with Crippen LogP contribution < -0.4 is 5.73 Å². The van der Waals surface area contributed by atoms with Gasteiger partial charge in [-0.2, -0.15) is 0 Å². The van der Waals surface area contributed by atoms with Gasteiger partial charge in [0.25, 0.3) is 0 Å². The minimum atomic E-state index is -0.671. The van der Waals surface area contributed by atoms with Gasteiger partial charge in [0.1, 0.15) is 0 Å². The van der Waals surface area contributed by atoms with Crippen molar-refractivity contribution in [3.63, 3.8) is 0 Å². The van der Waals surface area contributed by atoms with E-state index in [1.807, 2.05) is 12.1 Å². The first kappa shape index (κ1) is 10.0.